The van der Waals surface area contributed by atoms with Crippen molar-refractivity contribution < 1.29 is 28.7 Å². The number of hydrogen-bond donors (Lipinski definition) is 4. The highest BCUT2D eigenvalue weighted by Gasteiger charge is 2.27. The van der Waals surface area contributed by atoms with E-state index in [1.54, 1.807) is 20.8 Å². The second-order valence-electron chi connectivity index (χ2n) is 7.76. The minimum atomic E-state index is -0.460. The zero-order chi connectivity index (χ0) is 24.6. The Bertz CT molecular complexity index is 684. The Morgan fingerprint density at radius 2 is 1.70 bits per heavy atom. The minimum absolute atomic E-state index is 0.0354. The van der Waals surface area contributed by atoms with Gasteiger partial charge in [0.05, 0.1) is 19.4 Å². The van der Waals surface area contributed by atoms with Crippen LogP contribution in [0, 0.1) is 0 Å². The Balaban J connectivity index is 2.30. The maximum atomic E-state index is 11.9. The third kappa shape index (κ3) is 11.7. The van der Waals surface area contributed by atoms with Crippen molar-refractivity contribution in [3.8, 4) is 0 Å². The van der Waals surface area contributed by atoms with E-state index in [9.17, 15) is 19.2 Å². The molecule has 4 amide bonds. The molecule has 0 bridgehead atoms. The molecule has 2 atom stereocenters. The summed E-state index contributed by atoms with van der Waals surface area (Å²) >= 11 is 0. The van der Waals surface area contributed by atoms with Crippen molar-refractivity contribution >= 4 is 24.0 Å². The molecule has 0 aromatic carbocycles. The normalized spacial score (nSPS) is 15.2. The van der Waals surface area contributed by atoms with Crippen LogP contribution < -0.4 is 21.3 Å². The van der Waals surface area contributed by atoms with E-state index in [-0.39, 0.29) is 24.0 Å². The summed E-state index contributed by atoms with van der Waals surface area (Å²) in [4.78, 5) is 48.0. The molecule has 0 aromatic heterocycles. The molecule has 0 saturated carbocycles. The Morgan fingerprint density at radius 3 is 2.33 bits per heavy atom. The average molecular weight is 470 g/mol. The highest BCUT2D eigenvalue weighted by molar-refractivity contribution is 6.15. The monoisotopic (exact) mass is 469 g/mol. The SMILES string of the molecule is CCOC(=O)NCCCCC(CNC(C)NCCCN1C(=O)C=C(C)C1=O)NC(=O)OCC. The van der Waals surface area contributed by atoms with E-state index in [4.69, 9.17) is 9.47 Å². The third-order valence-corrected chi connectivity index (χ3v) is 4.99. The van der Waals surface area contributed by atoms with Gasteiger partial charge in [-0.05, 0) is 59.9 Å². The standard InChI is InChI=1S/C22H39N5O6/c1-5-32-21(30)24-11-8-7-10-18(26-22(31)33-6-2)15-25-17(4)23-12-9-13-27-19(28)14-16(3)20(27)29/h14,17-18,23,25H,5-13,15H2,1-4H3,(H,24,30)(H,26,31). The van der Waals surface area contributed by atoms with Crippen LogP contribution in [0.3, 0.4) is 0 Å². The van der Waals surface area contributed by atoms with Gasteiger partial charge in [-0.3, -0.25) is 14.5 Å². The predicted octanol–water partition coefficient (Wildman–Crippen LogP) is 1.25. The van der Waals surface area contributed by atoms with Gasteiger partial charge in [-0.15, -0.1) is 0 Å². The molecule has 0 aromatic rings. The van der Waals surface area contributed by atoms with Gasteiger partial charge in [0, 0.05) is 37.3 Å². The second kappa shape index (κ2) is 16.0. The number of alkyl carbamates (subject to hydrolysis) is 2. The fourth-order valence-electron chi connectivity index (χ4n) is 3.25. The number of hydrogen-bond acceptors (Lipinski definition) is 8. The summed E-state index contributed by atoms with van der Waals surface area (Å²) in [5.41, 5.74) is 0.472. The first kappa shape index (κ1) is 28.4. The van der Waals surface area contributed by atoms with Crippen LogP contribution in [-0.4, -0.2) is 80.5 Å². The van der Waals surface area contributed by atoms with Gasteiger partial charge in [-0.2, -0.15) is 0 Å². The molecular weight excluding hydrogens is 430 g/mol. The lowest BCUT2D eigenvalue weighted by Crippen LogP contribution is -2.48. The quantitative estimate of drug-likeness (QED) is 0.151. The molecule has 2 unspecified atom stereocenters. The zero-order valence-electron chi connectivity index (χ0n) is 20.2. The summed E-state index contributed by atoms with van der Waals surface area (Å²) in [5.74, 6) is -0.481. The summed E-state index contributed by atoms with van der Waals surface area (Å²) in [6, 6.07) is -0.134. The van der Waals surface area contributed by atoms with E-state index < -0.39 is 12.2 Å². The van der Waals surface area contributed by atoms with Gasteiger partial charge >= 0.3 is 12.2 Å². The lowest BCUT2D eigenvalue weighted by molar-refractivity contribution is -0.137. The van der Waals surface area contributed by atoms with Gasteiger partial charge < -0.3 is 30.7 Å². The molecule has 1 heterocycles. The fraction of sp³-hybridized carbons (Fsp3) is 0.727. The molecule has 1 aliphatic heterocycles. The largest absolute Gasteiger partial charge is 0.450 e. The van der Waals surface area contributed by atoms with E-state index >= 15 is 0 Å². The number of carbonyl (C=O) groups is 4. The molecule has 0 radical (unpaired) electrons. The first-order valence-corrected chi connectivity index (χ1v) is 11.6. The number of imide groups is 1. The summed E-state index contributed by atoms with van der Waals surface area (Å²) in [6.07, 6.45) is 3.37. The van der Waals surface area contributed by atoms with Crippen LogP contribution in [0.15, 0.2) is 11.6 Å². The topological polar surface area (TPSA) is 138 Å². The van der Waals surface area contributed by atoms with Gasteiger partial charge in [0.1, 0.15) is 0 Å². The highest BCUT2D eigenvalue weighted by atomic mass is 16.6. The number of rotatable bonds is 16. The fourth-order valence-corrected chi connectivity index (χ4v) is 3.25. The number of nitrogens with zero attached hydrogens (tertiary/aromatic N) is 1. The van der Waals surface area contributed by atoms with Gasteiger partial charge in [0.25, 0.3) is 11.8 Å². The summed E-state index contributed by atoms with van der Waals surface area (Å²) in [5, 5.41) is 12.2. The van der Waals surface area contributed by atoms with Crippen LogP contribution in [0.1, 0.15) is 53.4 Å². The third-order valence-electron chi connectivity index (χ3n) is 4.99. The molecule has 1 aliphatic rings. The maximum Gasteiger partial charge on any atom is 0.407 e. The number of carbonyl (C=O) groups excluding carboxylic acids is 4. The van der Waals surface area contributed by atoms with E-state index in [0.29, 0.717) is 57.8 Å². The molecule has 33 heavy (non-hydrogen) atoms. The molecule has 1 rings (SSSR count). The molecule has 188 valence electrons. The Kier molecular flexibility index (Phi) is 13.8. The lowest BCUT2D eigenvalue weighted by atomic mass is 10.1. The minimum Gasteiger partial charge on any atom is -0.450 e. The molecule has 0 saturated heterocycles. The molecule has 11 nitrogen and oxygen atoms in total. The van der Waals surface area contributed by atoms with Crippen LogP contribution in [0.5, 0.6) is 0 Å². The first-order valence-electron chi connectivity index (χ1n) is 11.6. The van der Waals surface area contributed by atoms with Crippen LogP contribution in [0.25, 0.3) is 0 Å². The Hall–Kier alpha value is -2.66. The zero-order valence-corrected chi connectivity index (χ0v) is 20.2. The molecule has 11 heteroatoms. The van der Waals surface area contributed by atoms with E-state index in [1.807, 2.05) is 6.92 Å². The number of nitrogens with one attached hydrogen (secondary N) is 4. The second-order valence-corrected chi connectivity index (χ2v) is 7.76. The molecule has 0 aliphatic carbocycles. The Labute approximate surface area is 196 Å². The van der Waals surface area contributed by atoms with Crippen LogP contribution in [-0.2, 0) is 19.1 Å². The van der Waals surface area contributed by atoms with Crippen LogP contribution in [0.4, 0.5) is 9.59 Å². The van der Waals surface area contributed by atoms with Crippen molar-refractivity contribution in [2.75, 3.05) is 39.4 Å². The van der Waals surface area contributed by atoms with Crippen molar-refractivity contribution in [3.63, 3.8) is 0 Å². The highest BCUT2D eigenvalue weighted by Crippen LogP contribution is 2.11. The van der Waals surface area contributed by atoms with Crippen molar-refractivity contribution in [1.29, 1.82) is 0 Å². The van der Waals surface area contributed by atoms with Crippen LogP contribution in [0.2, 0.25) is 0 Å². The Morgan fingerprint density at radius 1 is 1.00 bits per heavy atom. The van der Waals surface area contributed by atoms with Gasteiger partial charge in [-0.25, -0.2) is 9.59 Å². The van der Waals surface area contributed by atoms with E-state index in [0.717, 1.165) is 12.8 Å². The van der Waals surface area contributed by atoms with Gasteiger partial charge in [0.2, 0.25) is 0 Å². The summed E-state index contributed by atoms with van der Waals surface area (Å²) in [6.45, 7) is 9.77. The van der Waals surface area contributed by atoms with Crippen LogP contribution >= 0.6 is 0 Å². The van der Waals surface area contributed by atoms with Crippen molar-refractivity contribution in [2.24, 2.45) is 0 Å². The van der Waals surface area contributed by atoms with Gasteiger partial charge in [-0.1, -0.05) is 0 Å². The van der Waals surface area contributed by atoms with Crippen molar-refractivity contribution in [1.82, 2.24) is 26.2 Å². The van der Waals surface area contributed by atoms with E-state index in [2.05, 4.69) is 21.3 Å². The maximum absolute atomic E-state index is 11.9. The number of unbranched alkanes of at least 4 members (excludes halogenated alkanes) is 1. The first-order chi connectivity index (χ1) is 15.8. The smallest absolute Gasteiger partial charge is 0.407 e. The summed E-state index contributed by atoms with van der Waals surface area (Å²) < 4.78 is 9.81. The average Bonchev–Trinajstić information content (AvgIpc) is 3.00. The summed E-state index contributed by atoms with van der Waals surface area (Å²) in [7, 11) is 0. The number of ether oxygens (including phenoxy) is 2. The molecule has 0 fully saturated rings. The molecule has 4 N–H and O–H groups in total. The predicted molar refractivity (Wildman–Crippen MR) is 123 cm³/mol. The van der Waals surface area contributed by atoms with Crippen molar-refractivity contribution in [2.45, 2.75) is 65.6 Å². The van der Waals surface area contributed by atoms with Crippen molar-refractivity contribution in [3.05, 3.63) is 11.6 Å². The van der Waals surface area contributed by atoms with E-state index in [1.165, 1.54) is 11.0 Å². The molecular formula is C22H39N5O6. The number of amides is 4. The lowest BCUT2D eigenvalue weighted by Gasteiger charge is -2.23. The molecule has 0 spiro atoms. The van der Waals surface area contributed by atoms with Gasteiger partial charge in [0.15, 0.2) is 0 Å².